The first-order valence-corrected chi connectivity index (χ1v) is 11.7. The fourth-order valence-electron chi connectivity index (χ4n) is 6.30. The summed E-state index contributed by atoms with van der Waals surface area (Å²) in [5.41, 5.74) is 0.184. The van der Waals surface area contributed by atoms with E-state index in [2.05, 4.69) is 15.5 Å². The van der Waals surface area contributed by atoms with Gasteiger partial charge >= 0.3 is 5.63 Å². The number of fused-ring (bicyclic) bond motifs is 1. The number of hydrogen-bond acceptors (Lipinski definition) is 7. The standard InChI is InChI=1S/C23H23N3O4S/c27-19(12-29-17-3-1-16-2-4-20(28)30-18(16)8-17)24-22-26-25-21(31-22)23-9-13-5-14(10-23)7-15(6-13)11-23/h1-4,8,13-15H,5-7,9-12H2,(H,24,26,27). The molecule has 160 valence electrons. The van der Waals surface area contributed by atoms with Gasteiger partial charge in [0, 0.05) is 22.9 Å². The van der Waals surface area contributed by atoms with Crippen LogP contribution in [0.4, 0.5) is 5.13 Å². The minimum Gasteiger partial charge on any atom is -0.484 e. The Kier molecular flexibility index (Phi) is 4.38. The zero-order valence-electron chi connectivity index (χ0n) is 17.0. The molecule has 4 saturated carbocycles. The first kappa shape index (κ1) is 19.0. The van der Waals surface area contributed by atoms with Gasteiger partial charge in [-0.05, 0) is 74.5 Å². The highest BCUT2D eigenvalue weighted by molar-refractivity contribution is 7.15. The minimum atomic E-state index is -0.423. The number of nitrogens with one attached hydrogen (secondary N) is 1. The van der Waals surface area contributed by atoms with Crippen LogP contribution in [0.25, 0.3) is 11.0 Å². The maximum absolute atomic E-state index is 12.4. The fraction of sp³-hybridized carbons (Fsp3) is 0.478. The summed E-state index contributed by atoms with van der Waals surface area (Å²) in [5, 5.41) is 14.0. The van der Waals surface area contributed by atoms with Gasteiger partial charge in [-0.15, -0.1) is 10.2 Å². The molecule has 4 aliphatic rings. The van der Waals surface area contributed by atoms with Crippen molar-refractivity contribution in [2.24, 2.45) is 17.8 Å². The van der Waals surface area contributed by atoms with Crippen LogP contribution >= 0.6 is 11.3 Å². The molecule has 8 heteroatoms. The number of carbonyl (C=O) groups excluding carboxylic acids is 1. The van der Waals surface area contributed by atoms with E-state index in [-0.39, 0.29) is 17.9 Å². The molecular weight excluding hydrogens is 414 g/mol. The lowest BCUT2D eigenvalue weighted by Crippen LogP contribution is -2.48. The average Bonchev–Trinajstić information content (AvgIpc) is 3.20. The molecule has 4 bridgehead atoms. The van der Waals surface area contributed by atoms with Gasteiger partial charge < -0.3 is 9.15 Å². The molecule has 0 unspecified atom stereocenters. The van der Waals surface area contributed by atoms with Gasteiger partial charge in [-0.2, -0.15) is 0 Å². The summed E-state index contributed by atoms with van der Waals surface area (Å²) in [6.45, 7) is -0.158. The smallest absolute Gasteiger partial charge is 0.336 e. The van der Waals surface area contributed by atoms with Crippen LogP contribution in [0.2, 0.25) is 0 Å². The number of anilines is 1. The van der Waals surface area contributed by atoms with Crippen LogP contribution in [0.5, 0.6) is 5.75 Å². The quantitative estimate of drug-likeness (QED) is 0.603. The number of nitrogens with zero attached hydrogens (tertiary/aromatic N) is 2. The van der Waals surface area contributed by atoms with Gasteiger partial charge in [0.05, 0.1) is 0 Å². The van der Waals surface area contributed by atoms with Gasteiger partial charge in [0.1, 0.15) is 16.3 Å². The Morgan fingerprint density at radius 1 is 1.10 bits per heavy atom. The van der Waals surface area contributed by atoms with Gasteiger partial charge in [0.15, 0.2) is 6.61 Å². The number of ether oxygens (including phenoxy) is 1. The minimum absolute atomic E-state index is 0.158. The molecule has 1 amide bonds. The van der Waals surface area contributed by atoms with Gasteiger partial charge in [-0.3, -0.25) is 10.1 Å². The molecule has 0 saturated heterocycles. The first-order valence-electron chi connectivity index (χ1n) is 10.9. The van der Waals surface area contributed by atoms with Crippen LogP contribution in [-0.4, -0.2) is 22.7 Å². The van der Waals surface area contributed by atoms with E-state index in [4.69, 9.17) is 9.15 Å². The summed E-state index contributed by atoms with van der Waals surface area (Å²) < 4.78 is 10.7. The zero-order chi connectivity index (χ0) is 21.0. The Bertz CT molecular complexity index is 1180. The third-order valence-electron chi connectivity index (χ3n) is 7.13. The molecule has 2 aromatic heterocycles. The van der Waals surface area contributed by atoms with E-state index in [0.717, 1.165) is 28.1 Å². The monoisotopic (exact) mass is 437 g/mol. The van der Waals surface area contributed by atoms with Crippen molar-refractivity contribution >= 4 is 33.3 Å². The highest BCUT2D eigenvalue weighted by Crippen LogP contribution is 2.61. The molecule has 0 radical (unpaired) electrons. The van der Waals surface area contributed by atoms with Crippen molar-refractivity contribution in [1.29, 1.82) is 0 Å². The van der Waals surface area contributed by atoms with E-state index < -0.39 is 5.63 Å². The van der Waals surface area contributed by atoms with Crippen molar-refractivity contribution in [1.82, 2.24) is 10.2 Å². The predicted octanol–water partition coefficient (Wildman–Crippen LogP) is 4.13. The summed E-state index contributed by atoms with van der Waals surface area (Å²) in [6, 6.07) is 8.20. The average molecular weight is 438 g/mol. The molecule has 7 nitrogen and oxygen atoms in total. The second kappa shape index (κ2) is 7.15. The largest absolute Gasteiger partial charge is 0.484 e. The highest BCUT2D eigenvalue weighted by atomic mass is 32.1. The topological polar surface area (TPSA) is 94.3 Å². The van der Waals surface area contributed by atoms with Crippen LogP contribution < -0.4 is 15.7 Å². The summed E-state index contributed by atoms with van der Waals surface area (Å²) in [7, 11) is 0. The van der Waals surface area contributed by atoms with E-state index in [1.54, 1.807) is 24.3 Å². The number of amides is 1. The zero-order valence-corrected chi connectivity index (χ0v) is 17.8. The van der Waals surface area contributed by atoms with E-state index in [1.807, 2.05) is 0 Å². The van der Waals surface area contributed by atoms with E-state index in [1.165, 1.54) is 55.9 Å². The van der Waals surface area contributed by atoms with Crippen molar-refractivity contribution in [2.75, 3.05) is 11.9 Å². The second-order valence-corrected chi connectivity index (χ2v) is 10.4. The van der Waals surface area contributed by atoms with Crippen molar-refractivity contribution in [3.63, 3.8) is 0 Å². The maximum atomic E-state index is 12.4. The number of hydrogen-bond donors (Lipinski definition) is 1. The fourth-order valence-corrected chi connectivity index (χ4v) is 7.27. The normalized spacial score (nSPS) is 28.7. The predicted molar refractivity (Wildman–Crippen MR) is 116 cm³/mol. The Morgan fingerprint density at radius 2 is 1.81 bits per heavy atom. The summed E-state index contributed by atoms with van der Waals surface area (Å²) in [4.78, 5) is 23.8. The molecule has 1 aromatic carbocycles. The van der Waals surface area contributed by atoms with Crippen molar-refractivity contribution in [3.8, 4) is 5.75 Å². The van der Waals surface area contributed by atoms with Gasteiger partial charge in [0.25, 0.3) is 5.91 Å². The lowest BCUT2D eigenvalue weighted by molar-refractivity contribution is -0.118. The summed E-state index contributed by atoms with van der Waals surface area (Å²) in [5.74, 6) is 2.69. The number of rotatable bonds is 5. The molecule has 1 N–H and O–H groups in total. The number of benzene rings is 1. The second-order valence-electron chi connectivity index (χ2n) is 9.40. The lowest BCUT2D eigenvalue weighted by atomic mass is 9.50. The van der Waals surface area contributed by atoms with Crippen LogP contribution in [0, 0.1) is 17.8 Å². The Hall–Kier alpha value is -2.74. The molecule has 4 aliphatic carbocycles. The molecule has 0 spiro atoms. The van der Waals surface area contributed by atoms with E-state index in [9.17, 15) is 9.59 Å². The van der Waals surface area contributed by atoms with Gasteiger partial charge in [0.2, 0.25) is 5.13 Å². The molecule has 3 aromatic rings. The third kappa shape index (κ3) is 3.52. The van der Waals surface area contributed by atoms with Gasteiger partial charge in [-0.25, -0.2) is 4.79 Å². The summed E-state index contributed by atoms with van der Waals surface area (Å²) >= 11 is 1.52. The Labute approximate surface area is 182 Å². The molecule has 0 atom stereocenters. The van der Waals surface area contributed by atoms with Crippen LogP contribution in [0.1, 0.15) is 43.5 Å². The lowest BCUT2D eigenvalue weighted by Gasteiger charge is -2.55. The summed E-state index contributed by atoms with van der Waals surface area (Å²) in [6.07, 6.45) is 7.83. The maximum Gasteiger partial charge on any atom is 0.336 e. The molecule has 2 heterocycles. The van der Waals surface area contributed by atoms with E-state index >= 15 is 0 Å². The molecular formula is C23H23N3O4S. The molecule has 7 rings (SSSR count). The molecule has 31 heavy (non-hydrogen) atoms. The Morgan fingerprint density at radius 3 is 2.55 bits per heavy atom. The van der Waals surface area contributed by atoms with Crippen molar-refractivity contribution < 1.29 is 13.9 Å². The van der Waals surface area contributed by atoms with Crippen LogP contribution in [0.3, 0.4) is 0 Å². The van der Waals surface area contributed by atoms with Crippen LogP contribution in [0.15, 0.2) is 39.5 Å². The Balaban J connectivity index is 1.11. The molecule has 4 fully saturated rings. The SMILES string of the molecule is O=C(COc1ccc2ccc(=O)oc2c1)Nc1nnc(C23CC4CC(CC(C4)C2)C3)s1. The highest BCUT2D eigenvalue weighted by Gasteiger charge is 2.53. The molecule has 0 aliphatic heterocycles. The van der Waals surface area contributed by atoms with Crippen molar-refractivity contribution in [2.45, 2.75) is 43.9 Å². The van der Waals surface area contributed by atoms with E-state index in [0.29, 0.717) is 16.5 Å². The number of aromatic nitrogens is 2. The third-order valence-corrected chi connectivity index (χ3v) is 8.21. The first-order chi connectivity index (χ1) is 15.0. The van der Waals surface area contributed by atoms with Gasteiger partial charge in [-0.1, -0.05) is 11.3 Å². The number of carbonyl (C=O) groups is 1. The van der Waals surface area contributed by atoms with Crippen LogP contribution in [-0.2, 0) is 10.2 Å². The van der Waals surface area contributed by atoms with Crippen molar-refractivity contribution in [3.05, 3.63) is 45.8 Å².